The minimum absolute atomic E-state index is 0.557. The summed E-state index contributed by atoms with van der Waals surface area (Å²) < 4.78 is 9.06. The number of thiazole rings is 1. The maximum atomic E-state index is 6.05. The van der Waals surface area contributed by atoms with Gasteiger partial charge in [0.25, 0.3) is 0 Å². The number of aryl methyl sites for hydroxylation is 1. The van der Waals surface area contributed by atoms with Crippen molar-refractivity contribution in [3.8, 4) is 5.75 Å². The molecule has 4 aromatic rings. The monoisotopic (exact) mass is 410 g/mol. The minimum Gasteiger partial charge on any atom is -0.492 e. The highest BCUT2D eigenvalue weighted by Gasteiger charge is 2.03. The Morgan fingerprint density at radius 2 is 2.11 bits per heavy atom. The molecular formula is C21H19ClN4OS. The van der Waals surface area contributed by atoms with E-state index in [1.54, 1.807) is 17.6 Å². The van der Waals surface area contributed by atoms with Gasteiger partial charge in [0.2, 0.25) is 5.13 Å². The molecule has 2 aromatic carbocycles. The topological polar surface area (TPSA) is 51.4 Å². The second-order valence-electron chi connectivity index (χ2n) is 6.24. The summed E-state index contributed by atoms with van der Waals surface area (Å²) in [6, 6.07) is 17.7. The molecule has 4 rings (SSSR count). The average Bonchev–Trinajstić information content (AvgIpc) is 3.31. The Morgan fingerprint density at radius 1 is 1.21 bits per heavy atom. The van der Waals surface area contributed by atoms with Gasteiger partial charge in [0.05, 0.1) is 28.7 Å². The Kier molecular flexibility index (Phi) is 5.60. The van der Waals surface area contributed by atoms with Gasteiger partial charge in [-0.25, -0.2) is 4.98 Å². The Morgan fingerprint density at radius 3 is 2.96 bits per heavy atom. The van der Waals surface area contributed by atoms with Crippen molar-refractivity contribution in [2.24, 2.45) is 5.10 Å². The van der Waals surface area contributed by atoms with Gasteiger partial charge in [0.1, 0.15) is 12.4 Å². The standard InChI is InChI=1S/C21H19ClN4OS/c1-15-13-17(8-9-18(15)22)27-12-11-26-10-4-5-16(26)14-23-25-21-24-19-6-2-3-7-20(19)28-21/h2-10,13-14H,11-12H2,1H3,(H,24,25)/b23-14-. The van der Waals surface area contributed by atoms with Gasteiger partial charge in [-0.05, 0) is 55.0 Å². The number of aromatic nitrogens is 2. The molecule has 0 fully saturated rings. The third-order valence-corrected chi connectivity index (χ3v) is 5.61. The number of nitrogens with zero attached hydrogens (tertiary/aromatic N) is 3. The molecule has 0 unspecified atom stereocenters. The largest absolute Gasteiger partial charge is 0.492 e. The van der Waals surface area contributed by atoms with Crippen molar-refractivity contribution in [3.63, 3.8) is 0 Å². The van der Waals surface area contributed by atoms with Crippen LogP contribution in [0.2, 0.25) is 5.02 Å². The van der Waals surface area contributed by atoms with Crippen LogP contribution in [0.1, 0.15) is 11.3 Å². The second kappa shape index (κ2) is 8.46. The van der Waals surface area contributed by atoms with E-state index >= 15 is 0 Å². The van der Waals surface area contributed by atoms with E-state index in [1.807, 2.05) is 61.7 Å². The van der Waals surface area contributed by atoms with Crippen molar-refractivity contribution in [1.82, 2.24) is 9.55 Å². The zero-order valence-electron chi connectivity index (χ0n) is 15.3. The first-order valence-electron chi connectivity index (χ1n) is 8.88. The number of anilines is 1. The lowest BCUT2D eigenvalue weighted by Crippen LogP contribution is -2.10. The van der Waals surface area contributed by atoms with Crippen LogP contribution in [0.3, 0.4) is 0 Å². The third-order valence-electron chi connectivity index (χ3n) is 4.25. The SMILES string of the molecule is Cc1cc(OCCn2cccc2/C=N\Nc2nc3ccccc3s2)ccc1Cl. The predicted molar refractivity (Wildman–Crippen MR) is 117 cm³/mol. The smallest absolute Gasteiger partial charge is 0.204 e. The molecule has 5 nitrogen and oxygen atoms in total. The van der Waals surface area contributed by atoms with Gasteiger partial charge in [0.15, 0.2) is 0 Å². The van der Waals surface area contributed by atoms with Crippen LogP contribution >= 0.6 is 22.9 Å². The zero-order chi connectivity index (χ0) is 19.3. The molecule has 0 amide bonds. The quantitative estimate of drug-likeness (QED) is 0.319. The maximum absolute atomic E-state index is 6.05. The Labute approximate surface area is 172 Å². The maximum Gasteiger partial charge on any atom is 0.204 e. The highest BCUT2D eigenvalue weighted by Crippen LogP contribution is 2.25. The van der Waals surface area contributed by atoms with E-state index < -0.39 is 0 Å². The molecule has 2 heterocycles. The molecule has 0 radical (unpaired) electrons. The molecule has 7 heteroatoms. The molecule has 0 aliphatic heterocycles. The van der Waals surface area contributed by atoms with Crippen LogP contribution < -0.4 is 10.2 Å². The van der Waals surface area contributed by atoms with Crippen molar-refractivity contribution in [2.45, 2.75) is 13.5 Å². The minimum atomic E-state index is 0.557. The zero-order valence-corrected chi connectivity index (χ0v) is 16.9. The molecular weight excluding hydrogens is 392 g/mol. The van der Waals surface area contributed by atoms with Crippen molar-refractivity contribution in [3.05, 3.63) is 77.1 Å². The lowest BCUT2D eigenvalue weighted by molar-refractivity contribution is 0.298. The number of rotatable bonds is 7. The number of fused-ring (bicyclic) bond motifs is 1. The van der Waals surface area contributed by atoms with Crippen LogP contribution in [-0.4, -0.2) is 22.4 Å². The summed E-state index contributed by atoms with van der Waals surface area (Å²) in [5.41, 5.74) is 5.99. The molecule has 0 spiro atoms. The number of ether oxygens (including phenoxy) is 1. The van der Waals surface area contributed by atoms with Crippen LogP contribution in [-0.2, 0) is 6.54 Å². The fraction of sp³-hybridized carbons (Fsp3) is 0.143. The normalized spacial score (nSPS) is 11.4. The summed E-state index contributed by atoms with van der Waals surface area (Å²) >= 11 is 7.63. The van der Waals surface area contributed by atoms with Crippen molar-refractivity contribution in [2.75, 3.05) is 12.0 Å². The number of nitrogens with one attached hydrogen (secondary N) is 1. The number of benzene rings is 2. The van der Waals surface area contributed by atoms with Gasteiger partial charge in [-0.3, -0.25) is 5.43 Å². The molecule has 0 aliphatic carbocycles. The molecule has 0 aliphatic rings. The lowest BCUT2D eigenvalue weighted by Gasteiger charge is -2.10. The molecule has 0 saturated heterocycles. The molecule has 0 bridgehead atoms. The van der Waals surface area contributed by atoms with Crippen molar-refractivity contribution in [1.29, 1.82) is 0 Å². The summed E-state index contributed by atoms with van der Waals surface area (Å²) in [5, 5.41) is 5.85. The Balaban J connectivity index is 1.34. The molecule has 1 N–H and O–H groups in total. The summed E-state index contributed by atoms with van der Waals surface area (Å²) in [7, 11) is 0. The van der Waals surface area contributed by atoms with Crippen molar-refractivity contribution >= 4 is 44.5 Å². The molecule has 2 aromatic heterocycles. The Bertz CT molecular complexity index is 1090. The highest BCUT2D eigenvalue weighted by molar-refractivity contribution is 7.22. The molecule has 0 atom stereocenters. The van der Waals surface area contributed by atoms with Gasteiger partial charge in [-0.1, -0.05) is 35.1 Å². The summed E-state index contributed by atoms with van der Waals surface area (Å²) in [5.74, 6) is 0.821. The first-order chi connectivity index (χ1) is 13.7. The van der Waals surface area contributed by atoms with Crippen LogP contribution in [0.5, 0.6) is 5.75 Å². The number of hydrogen-bond donors (Lipinski definition) is 1. The van der Waals surface area contributed by atoms with Crippen LogP contribution in [0.15, 0.2) is 65.9 Å². The fourth-order valence-corrected chi connectivity index (χ4v) is 3.72. The van der Waals surface area contributed by atoms with E-state index in [0.717, 1.165) is 43.9 Å². The van der Waals surface area contributed by atoms with E-state index in [2.05, 4.69) is 26.1 Å². The van der Waals surface area contributed by atoms with Crippen LogP contribution in [0.4, 0.5) is 5.13 Å². The van der Waals surface area contributed by atoms with E-state index in [-0.39, 0.29) is 0 Å². The van der Waals surface area contributed by atoms with Gasteiger partial charge < -0.3 is 9.30 Å². The summed E-state index contributed by atoms with van der Waals surface area (Å²) in [6.45, 7) is 3.24. The highest BCUT2D eigenvalue weighted by atomic mass is 35.5. The van der Waals surface area contributed by atoms with E-state index in [0.29, 0.717) is 6.61 Å². The van der Waals surface area contributed by atoms with E-state index in [1.165, 1.54) is 0 Å². The average molecular weight is 411 g/mol. The summed E-state index contributed by atoms with van der Waals surface area (Å²) in [6.07, 6.45) is 3.80. The number of para-hydroxylation sites is 1. The number of halogens is 1. The van der Waals surface area contributed by atoms with Crippen molar-refractivity contribution < 1.29 is 4.74 Å². The lowest BCUT2D eigenvalue weighted by atomic mass is 10.2. The van der Waals surface area contributed by atoms with E-state index in [4.69, 9.17) is 16.3 Å². The Hall–Kier alpha value is -2.83. The predicted octanol–water partition coefficient (Wildman–Crippen LogP) is 5.58. The molecule has 28 heavy (non-hydrogen) atoms. The second-order valence-corrected chi connectivity index (χ2v) is 7.68. The number of hydrazone groups is 1. The molecule has 142 valence electrons. The van der Waals surface area contributed by atoms with Gasteiger partial charge in [-0.2, -0.15) is 5.10 Å². The first-order valence-corrected chi connectivity index (χ1v) is 10.1. The van der Waals surface area contributed by atoms with E-state index in [9.17, 15) is 0 Å². The fourth-order valence-electron chi connectivity index (χ4n) is 2.79. The van der Waals surface area contributed by atoms with Crippen LogP contribution in [0, 0.1) is 6.92 Å². The third kappa shape index (κ3) is 4.35. The first kappa shape index (κ1) is 18.5. The van der Waals surface area contributed by atoms with Gasteiger partial charge in [-0.15, -0.1) is 0 Å². The molecule has 0 saturated carbocycles. The summed E-state index contributed by atoms with van der Waals surface area (Å²) in [4.78, 5) is 4.51. The number of hydrogen-bond acceptors (Lipinski definition) is 5. The van der Waals surface area contributed by atoms with Gasteiger partial charge in [0, 0.05) is 11.2 Å². The van der Waals surface area contributed by atoms with Gasteiger partial charge >= 0.3 is 0 Å². The van der Waals surface area contributed by atoms with Crippen LogP contribution in [0.25, 0.3) is 10.2 Å².